The molecule has 0 spiro atoms. The summed E-state index contributed by atoms with van der Waals surface area (Å²) in [5, 5.41) is 20.2. The van der Waals surface area contributed by atoms with Crippen molar-refractivity contribution in [1.82, 2.24) is 0 Å². The lowest BCUT2D eigenvalue weighted by atomic mass is 9.67. The molecule has 7 heteroatoms. The number of hydrogen-bond donors (Lipinski definition) is 2. The van der Waals surface area contributed by atoms with Crippen molar-refractivity contribution in [2.24, 2.45) is 23.2 Å². The largest absolute Gasteiger partial charge is 0.493 e. The summed E-state index contributed by atoms with van der Waals surface area (Å²) in [4.78, 5) is 24.2. The summed E-state index contributed by atoms with van der Waals surface area (Å²) in [6.45, 7) is 15.7. The molecule has 2 aliphatic rings. The van der Waals surface area contributed by atoms with E-state index in [0.29, 0.717) is 75.4 Å². The molecule has 0 aromatic heterocycles. The van der Waals surface area contributed by atoms with Crippen molar-refractivity contribution in [3.63, 3.8) is 0 Å². The van der Waals surface area contributed by atoms with Crippen LogP contribution in [-0.4, -0.2) is 55.2 Å². The molecule has 1 aromatic rings. The molecule has 0 bridgehead atoms. The van der Waals surface area contributed by atoms with E-state index in [1.54, 1.807) is 13.8 Å². The van der Waals surface area contributed by atoms with Crippen LogP contribution < -0.4 is 4.74 Å². The van der Waals surface area contributed by atoms with Crippen LogP contribution in [0.2, 0.25) is 0 Å². The molecule has 2 fully saturated rings. The summed E-state index contributed by atoms with van der Waals surface area (Å²) in [6.07, 6.45) is 25.7. The first-order chi connectivity index (χ1) is 26.6. The first-order valence-corrected chi connectivity index (χ1v) is 22.2. The van der Waals surface area contributed by atoms with Crippen molar-refractivity contribution in [3.05, 3.63) is 53.1 Å². The molecule has 0 atom stereocenters. The van der Waals surface area contributed by atoms with Crippen LogP contribution in [0.15, 0.2) is 36.4 Å². The molecule has 0 unspecified atom stereocenters. The van der Waals surface area contributed by atoms with Crippen molar-refractivity contribution in [1.29, 1.82) is 0 Å². The summed E-state index contributed by atoms with van der Waals surface area (Å²) < 4.78 is 17.5. The van der Waals surface area contributed by atoms with Gasteiger partial charge in [-0.2, -0.15) is 0 Å². The van der Waals surface area contributed by atoms with Crippen molar-refractivity contribution < 1.29 is 34.0 Å². The van der Waals surface area contributed by atoms with Gasteiger partial charge < -0.3 is 24.4 Å². The van der Waals surface area contributed by atoms with Gasteiger partial charge in [-0.25, -0.2) is 9.59 Å². The second-order valence-corrected chi connectivity index (χ2v) is 17.3. The number of rotatable bonds is 27. The zero-order chi connectivity index (χ0) is 40.1. The van der Waals surface area contributed by atoms with Gasteiger partial charge in [0.1, 0.15) is 5.75 Å². The van der Waals surface area contributed by atoms with Gasteiger partial charge in [0.15, 0.2) is 0 Å². The molecule has 0 radical (unpaired) electrons. The van der Waals surface area contributed by atoms with Crippen molar-refractivity contribution >= 4 is 11.9 Å². The predicted molar refractivity (Wildman–Crippen MR) is 224 cm³/mol. The molecule has 0 heterocycles. The minimum atomic E-state index is -0.598. The number of hydrogen-bond acceptors (Lipinski definition) is 7. The molecule has 0 saturated heterocycles. The number of aryl methyl sites for hydroxylation is 2. The quantitative estimate of drug-likeness (QED) is 0.0522. The molecule has 0 aliphatic heterocycles. The summed E-state index contributed by atoms with van der Waals surface area (Å²) >= 11 is 0. The summed E-state index contributed by atoms with van der Waals surface area (Å²) in [6, 6.07) is 4.65. The van der Waals surface area contributed by atoms with E-state index in [-0.39, 0.29) is 25.2 Å². The Morgan fingerprint density at radius 1 is 0.691 bits per heavy atom. The Bertz CT molecular complexity index is 1230. The molecule has 7 nitrogen and oxygen atoms in total. The van der Waals surface area contributed by atoms with E-state index in [9.17, 15) is 19.8 Å². The Hall–Kier alpha value is -2.64. The fraction of sp³-hybridized carbons (Fsp3) is 0.750. The maximum atomic E-state index is 12.1. The normalized spacial score (nSPS) is 20.2. The SMILES string of the molecule is C=C(C)C(=O)OCCCc1cc(C2CCC(C3CCC(CCCCCCCCC)CC3)CC2)cc(CCCOC(=O)C(=C)C)c1OCCC(CC)(CO)CO. The second kappa shape index (κ2) is 25.6. The first-order valence-electron chi connectivity index (χ1n) is 22.2. The van der Waals surface area contributed by atoms with E-state index < -0.39 is 5.41 Å². The van der Waals surface area contributed by atoms with Crippen molar-refractivity contribution in [2.75, 3.05) is 33.0 Å². The number of benzene rings is 1. The molecule has 2 aliphatic carbocycles. The summed E-state index contributed by atoms with van der Waals surface area (Å²) in [5.74, 6) is 3.21. The van der Waals surface area contributed by atoms with Gasteiger partial charge in [-0.15, -0.1) is 0 Å². The van der Waals surface area contributed by atoms with E-state index in [1.807, 2.05) is 6.92 Å². The van der Waals surface area contributed by atoms with Gasteiger partial charge in [-0.1, -0.05) is 103 Å². The zero-order valence-electron chi connectivity index (χ0n) is 35.4. The van der Waals surface area contributed by atoms with Crippen LogP contribution in [0.3, 0.4) is 0 Å². The summed E-state index contributed by atoms with van der Waals surface area (Å²) in [7, 11) is 0. The number of carbonyl (C=O) groups is 2. The lowest BCUT2D eigenvalue weighted by Gasteiger charge is -2.38. The number of carbonyl (C=O) groups excluding carboxylic acids is 2. The van der Waals surface area contributed by atoms with E-state index in [2.05, 4.69) is 32.2 Å². The van der Waals surface area contributed by atoms with Gasteiger partial charge in [0.05, 0.1) is 33.0 Å². The monoisotopic (exact) mass is 767 g/mol. The fourth-order valence-corrected chi connectivity index (χ4v) is 8.92. The molecule has 2 saturated carbocycles. The van der Waals surface area contributed by atoms with E-state index in [4.69, 9.17) is 14.2 Å². The third-order valence-corrected chi connectivity index (χ3v) is 12.9. The molecular formula is C48H78O7. The maximum absolute atomic E-state index is 12.1. The average molecular weight is 767 g/mol. The third kappa shape index (κ3) is 16.0. The molecule has 1 aromatic carbocycles. The fourth-order valence-electron chi connectivity index (χ4n) is 8.92. The zero-order valence-corrected chi connectivity index (χ0v) is 35.4. The van der Waals surface area contributed by atoms with Crippen LogP contribution in [0.1, 0.15) is 179 Å². The highest BCUT2D eigenvalue weighted by Gasteiger charge is 2.32. The Morgan fingerprint density at radius 3 is 1.65 bits per heavy atom. The van der Waals surface area contributed by atoms with E-state index >= 15 is 0 Å². The van der Waals surface area contributed by atoms with Crippen LogP contribution in [-0.2, 0) is 31.9 Å². The molecule has 312 valence electrons. The van der Waals surface area contributed by atoms with Crippen LogP contribution in [0.4, 0.5) is 0 Å². The van der Waals surface area contributed by atoms with Gasteiger partial charge in [-0.05, 0) is 131 Å². The van der Waals surface area contributed by atoms with Crippen LogP contribution in [0.25, 0.3) is 0 Å². The maximum Gasteiger partial charge on any atom is 0.333 e. The highest BCUT2D eigenvalue weighted by molar-refractivity contribution is 5.87. The van der Waals surface area contributed by atoms with Crippen molar-refractivity contribution in [3.8, 4) is 5.75 Å². The Morgan fingerprint density at radius 2 is 1.18 bits per heavy atom. The molecule has 2 N–H and O–H groups in total. The number of aliphatic hydroxyl groups is 2. The number of esters is 2. The lowest BCUT2D eigenvalue weighted by Crippen LogP contribution is -2.31. The Labute approximate surface area is 335 Å². The van der Waals surface area contributed by atoms with Crippen LogP contribution in [0, 0.1) is 23.2 Å². The smallest absolute Gasteiger partial charge is 0.333 e. The van der Waals surface area contributed by atoms with Gasteiger partial charge >= 0.3 is 11.9 Å². The first kappa shape index (κ1) is 46.7. The standard InChI is InChI=1S/C48H78O7/c1-7-9-10-11-12-13-14-17-38-20-22-39(23-21-38)40-24-26-41(27-25-40)44-32-42(18-15-29-54-46(51)36(3)4)45(53-31-28-48(8-2,34-49)35-50)43(33-44)19-16-30-55-47(52)37(5)6/h32-33,38-41,49-50H,3,5,7-31,34-35H2,1-2,4,6H3. The predicted octanol–water partition coefficient (Wildman–Crippen LogP) is 11.2. The summed E-state index contributed by atoms with van der Waals surface area (Å²) in [5.41, 5.74) is 3.71. The third-order valence-electron chi connectivity index (χ3n) is 12.9. The molecular weight excluding hydrogens is 689 g/mol. The minimum Gasteiger partial charge on any atom is -0.493 e. The van der Waals surface area contributed by atoms with Gasteiger partial charge in [-0.3, -0.25) is 0 Å². The molecule has 55 heavy (non-hydrogen) atoms. The Kier molecular flexibility index (Phi) is 21.7. The highest BCUT2D eigenvalue weighted by atomic mass is 16.5. The number of ether oxygens (including phenoxy) is 3. The highest BCUT2D eigenvalue weighted by Crippen LogP contribution is 2.46. The Balaban J connectivity index is 1.71. The second-order valence-electron chi connectivity index (χ2n) is 17.3. The van der Waals surface area contributed by atoms with Crippen LogP contribution >= 0.6 is 0 Å². The van der Waals surface area contributed by atoms with E-state index in [1.165, 1.54) is 108 Å². The van der Waals surface area contributed by atoms with Crippen molar-refractivity contribution in [2.45, 2.75) is 175 Å². The number of unbranched alkanes of at least 4 members (excludes halogenated alkanes) is 6. The van der Waals surface area contributed by atoms with Crippen LogP contribution in [0.5, 0.6) is 5.75 Å². The van der Waals surface area contributed by atoms with Gasteiger partial charge in [0.25, 0.3) is 0 Å². The van der Waals surface area contributed by atoms with E-state index in [0.717, 1.165) is 34.6 Å². The lowest BCUT2D eigenvalue weighted by molar-refractivity contribution is -0.139. The molecule has 0 amide bonds. The molecule has 3 rings (SSSR count). The van der Waals surface area contributed by atoms with Gasteiger partial charge in [0.2, 0.25) is 0 Å². The topological polar surface area (TPSA) is 102 Å². The average Bonchev–Trinajstić information content (AvgIpc) is 3.20. The minimum absolute atomic E-state index is 0.104. The number of aliphatic hydroxyl groups excluding tert-OH is 2. The van der Waals surface area contributed by atoms with Gasteiger partial charge in [0, 0.05) is 16.6 Å².